The Morgan fingerprint density at radius 3 is 2.61 bits per heavy atom. The monoisotopic (exact) mass is 250 g/mol. The summed E-state index contributed by atoms with van der Waals surface area (Å²) < 4.78 is 5.22. The molecule has 3 heteroatoms. The maximum Gasteiger partial charge on any atom is 0.138 e. The molecule has 0 saturated heterocycles. The molecule has 18 heavy (non-hydrogen) atoms. The predicted molar refractivity (Wildman–Crippen MR) is 73.6 cm³/mol. The van der Waals surface area contributed by atoms with Crippen molar-refractivity contribution in [1.29, 1.82) is 0 Å². The second-order valence-electron chi connectivity index (χ2n) is 5.71. The van der Waals surface area contributed by atoms with Gasteiger partial charge in [-0.2, -0.15) is 0 Å². The highest BCUT2D eigenvalue weighted by Gasteiger charge is 2.17. The average molecular weight is 250 g/mol. The van der Waals surface area contributed by atoms with Crippen LogP contribution in [0.25, 0.3) is 0 Å². The lowest BCUT2D eigenvalue weighted by Crippen LogP contribution is -2.23. The number of aryl methyl sites for hydroxylation is 2. The number of aromatic nitrogens is 1. The first-order valence-corrected chi connectivity index (χ1v) is 7.34. The summed E-state index contributed by atoms with van der Waals surface area (Å²) in [4.78, 5) is 0. The van der Waals surface area contributed by atoms with Gasteiger partial charge in [0, 0.05) is 11.6 Å². The van der Waals surface area contributed by atoms with E-state index >= 15 is 0 Å². The van der Waals surface area contributed by atoms with Gasteiger partial charge < -0.3 is 9.84 Å². The SMILES string of the molecule is Cc1noc(C)c1C(C)NCCC1CCCCC1. The molecule has 0 radical (unpaired) electrons. The third kappa shape index (κ3) is 3.35. The summed E-state index contributed by atoms with van der Waals surface area (Å²) in [6.07, 6.45) is 8.49. The van der Waals surface area contributed by atoms with E-state index in [4.69, 9.17) is 4.52 Å². The zero-order valence-corrected chi connectivity index (χ0v) is 12.0. The molecule has 1 aromatic heterocycles. The van der Waals surface area contributed by atoms with Gasteiger partial charge in [0.25, 0.3) is 0 Å². The van der Waals surface area contributed by atoms with Gasteiger partial charge in [-0.1, -0.05) is 37.3 Å². The van der Waals surface area contributed by atoms with E-state index in [1.165, 1.54) is 44.1 Å². The summed E-state index contributed by atoms with van der Waals surface area (Å²) >= 11 is 0. The van der Waals surface area contributed by atoms with Gasteiger partial charge in [0.2, 0.25) is 0 Å². The molecule has 0 aliphatic heterocycles. The van der Waals surface area contributed by atoms with Crippen LogP contribution in [-0.4, -0.2) is 11.7 Å². The van der Waals surface area contributed by atoms with Gasteiger partial charge in [0.1, 0.15) is 5.76 Å². The van der Waals surface area contributed by atoms with Gasteiger partial charge in [-0.05, 0) is 39.7 Å². The first-order valence-electron chi connectivity index (χ1n) is 7.34. The molecule has 0 bridgehead atoms. The summed E-state index contributed by atoms with van der Waals surface area (Å²) in [5.74, 6) is 1.90. The number of rotatable bonds is 5. The van der Waals surface area contributed by atoms with Crippen LogP contribution in [0, 0.1) is 19.8 Å². The van der Waals surface area contributed by atoms with Crippen LogP contribution in [0.2, 0.25) is 0 Å². The van der Waals surface area contributed by atoms with Crippen LogP contribution in [0.1, 0.15) is 68.5 Å². The van der Waals surface area contributed by atoms with Crippen LogP contribution in [0.4, 0.5) is 0 Å². The Bertz CT molecular complexity index is 347. The molecule has 1 N–H and O–H groups in total. The molecule has 1 saturated carbocycles. The molecule has 1 fully saturated rings. The molecule has 3 nitrogen and oxygen atoms in total. The fourth-order valence-electron chi connectivity index (χ4n) is 3.19. The van der Waals surface area contributed by atoms with E-state index in [0.29, 0.717) is 6.04 Å². The zero-order valence-electron chi connectivity index (χ0n) is 12.0. The lowest BCUT2D eigenvalue weighted by Gasteiger charge is -2.22. The zero-order chi connectivity index (χ0) is 13.0. The first kappa shape index (κ1) is 13.6. The van der Waals surface area contributed by atoms with Crippen LogP contribution in [0.3, 0.4) is 0 Å². The molecule has 1 atom stereocenters. The second-order valence-corrected chi connectivity index (χ2v) is 5.71. The molecule has 1 aromatic rings. The largest absolute Gasteiger partial charge is 0.361 e. The maximum absolute atomic E-state index is 5.22. The topological polar surface area (TPSA) is 38.1 Å². The quantitative estimate of drug-likeness (QED) is 0.861. The fraction of sp³-hybridized carbons (Fsp3) is 0.800. The number of nitrogens with one attached hydrogen (secondary N) is 1. The second kappa shape index (κ2) is 6.37. The van der Waals surface area contributed by atoms with Crippen molar-refractivity contribution in [1.82, 2.24) is 10.5 Å². The average Bonchev–Trinajstić information content (AvgIpc) is 2.70. The summed E-state index contributed by atoms with van der Waals surface area (Å²) in [5, 5.41) is 7.63. The first-order chi connectivity index (χ1) is 8.68. The fourth-order valence-corrected chi connectivity index (χ4v) is 3.19. The van der Waals surface area contributed by atoms with E-state index in [1.54, 1.807) is 0 Å². The van der Waals surface area contributed by atoms with Gasteiger partial charge in [0.15, 0.2) is 0 Å². The molecule has 2 rings (SSSR count). The summed E-state index contributed by atoms with van der Waals surface area (Å²) in [6.45, 7) is 7.32. The molecular formula is C15H26N2O. The van der Waals surface area contributed by atoms with Crippen molar-refractivity contribution in [2.24, 2.45) is 5.92 Å². The van der Waals surface area contributed by atoms with E-state index in [1.807, 2.05) is 13.8 Å². The molecule has 0 spiro atoms. The lowest BCUT2D eigenvalue weighted by molar-refractivity contribution is 0.329. The maximum atomic E-state index is 5.22. The van der Waals surface area contributed by atoms with Crippen LogP contribution in [-0.2, 0) is 0 Å². The van der Waals surface area contributed by atoms with Crippen LogP contribution in [0.5, 0.6) is 0 Å². The Morgan fingerprint density at radius 1 is 1.28 bits per heavy atom. The van der Waals surface area contributed by atoms with E-state index < -0.39 is 0 Å². The highest BCUT2D eigenvalue weighted by molar-refractivity contribution is 5.24. The molecule has 0 aromatic carbocycles. The minimum Gasteiger partial charge on any atom is -0.361 e. The highest BCUT2D eigenvalue weighted by Crippen LogP contribution is 2.26. The van der Waals surface area contributed by atoms with Crippen molar-refractivity contribution in [2.45, 2.75) is 65.3 Å². The molecule has 1 heterocycles. The smallest absolute Gasteiger partial charge is 0.138 e. The Balaban J connectivity index is 1.76. The molecular weight excluding hydrogens is 224 g/mol. The van der Waals surface area contributed by atoms with Crippen molar-refractivity contribution in [2.75, 3.05) is 6.54 Å². The van der Waals surface area contributed by atoms with Crippen LogP contribution in [0.15, 0.2) is 4.52 Å². The standard InChI is InChI=1S/C15H26N2O/c1-11(15-12(2)17-18-13(15)3)16-10-9-14-7-5-4-6-8-14/h11,14,16H,4-10H2,1-3H3. The molecule has 1 unspecified atom stereocenters. The molecule has 1 aliphatic carbocycles. The van der Waals surface area contributed by atoms with Gasteiger partial charge >= 0.3 is 0 Å². The third-order valence-corrected chi connectivity index (χ3v) is 4.25. The summed E-state index contributed by atoms with van der Waals surface area (Å²) in [6, 6.07) is 0.347. The molecule has 1 aliphatic rings. The van der Waals surface area contributed by atoms with Crippen LogP contribution < -0.4 is 5.32 Å². The lowest BCUT2D eigenvalue weighted by atomic mass is 9.87. The normalized spacial score (nSPS) is 19.1. The van der Waals surface area contributed by atoms with E-state index in [2.05, 4.69) is 17.4 Å². The Labute approximate surface area is 110 Å². The highest BCUT2D eigenvalue weighted by atomic mass is 16.5. The van der Waals surface area contributed by atoms with Gasteiger partial charge in [-0.15, -0.1) is 0 Å². The number of hydrogen-bond acceptors (Lipinski definition) is 3. The van der Waals surface area contributed by atoms with Crippen molar-refractivity contribution in [3.8, 4) is 0 Å². The molecule has 102 valence electrons. The summed E-state index contributed by atoms with van der Waals surface area (Å²) in [7, 11) is 0. The van der Waals surface area contributed by atoms with Crippen molar-refractivity contribution < 1.29 is 4.52 Å². The van der Waals surface area contributed by atoms with Crippen molar-refractivity contribution >= 4 is 0 Å². The van der Waals surface area contributed by atoms with E-state index in [9.17, 15) is 0 Å². The van der Waals surface area contributed by atoms with Crippen molar-refractivity contribution in [3.05, 3.63) is 17.0 Å². The number of hydrogen-bond donors (Lipinski definition) is 1. The Morgan fingerprint density at radius 2 is 2.00 bits per heavy atom. The van der Waals surface area contributed by atoms with Crippen molar-refractivity contribution in [3.63, 3.8) is 0 Å². The third-order valence-electron chi connectivity index (χ3n) is 4.25. The minimum absolute atomic E-state index is 0.347. The van der Waals surface area contributed by atoms with Crippen LogP contribution >= 0.6 is 0 Å². The van der Waals surface area contributed by atoms with E-state index in [-0.39, 0.29) is 0 Å². The summed E-state index contributed by atoms with van der Waals surface area (Å²) in [5.41, 5.74) is 2.25. The minimum atomic E-state index is 0.347. The van der Waals surface area contributed by atoms with E-state index in [0.717, 1.165) is 23.9 Å². The predicted octanol–water partition coefficient (Wildman–Crippen LogP) is 3.91. The number of nitrogens with zero attached hydrogens (tertiary/aromatic N) is 1. The Hall–Kier alpha value is -0.830. The van der Waals surface area contributed by atoms with Gasteiger partial charge in [-0.3, -0.25) is 0 Å². The van der Waals surface area contributed by atoms with Gasteiger partial charge in [0.05, 0.1) is 5.69 Å². The Kier molecular flexibility index (Phi) is 4.81. The van der Waals surface area contributed by atoms with Gasteiger partial charge in [-0.25, -0.2) is 0 Å². The molecule has 0 amide bonds.